The third-order valence-corrected chi connectivity index (χ3v) is 5.33. The Kier molecular flexibility index (Phi) is 4.31. The summed E-state index contributed by atoms with van der Waals surface area (Å²) >= 11 is 0. The molecule has 3 aliphatic rings. The van der Waals surface area contributed by atoms with Crippen molar-refractivity contribution in [3.05, 3.63) is 29.6 Å². The van der Waals surface area contributed by atoms with Gasteiger partial charge in [0.15, 0.2) is 0 Å². The largest absolute Gasteiger partial charge is 0.372 e. The zero-order chi connectivity index (χ0) is 16.6. The van der Waals surface area contributed by atoms with Gasteiger partial charge in [-0.2, -0.15) is 0 Å². The normalized spacial score (nSPS) is 25.5. The van der Waals surface area contributed by atoms with Crippen molar-refractivity contribution in [2.24, 2.45) is 5.92 Å². The molecule has 24 heavy (non-hydrogen) atoms. The number of hydrogen-bond donors (Lipinski definition) is 0. The van der Waals surface area contributed by atoms with E-state index in [0.29, 0.717) is 18.4 Å². The molecule has 1 aromatic rings. The first kappa shape index (κ1) is 16.0. The fourth-order valence-electron chi connectivity index (χ4n) is 3.75. The van der Waals surface area contributed by atoms with Gasteiger partial charge in [-0.1, -0.05) is 6.07 Å². The highest BCUT2D eigenvalue weighted by molar-refractivity contribution is 5.78. The topological polar surface area (TPSA) is 51.7 Å². The van der Waals surface area contributed by atoms with Crippen LogP contribution < -0.4 is 0 Å². The smallest absolute Gasteiger partial charge is 0.223 e. The Morgan fingerprint density at radius 2 is 2.21 bits per heavy atom. The van der Waals surface area contributed by atoms with Crippen LogP contribution >= 0.6 is 0 Å². The van der Waals surface area contributed by atoms with Crippen molar-refractivity contribution in [1.29, 1.82) is 0 Å². The van der Waals surface area contributed by atoms with E-state index in [1.165, 1.54) is 12.8 Å². The molecule has 1 aliphatic carbocycles. The predicted molar refractivity (Wildman–Crippen MR) is 89.4 cm³/mol. The molecule has 2 aliphatic heterocycles. The number of carbonyl (C=O) groups excluding carboxylic acids is 1. The summed E-state index contributed by atoms with van der Waals surface area (Å²) in [6.07, 6.45) is 5.18. The fourth-order valence-corrected chi connectivity index (χ4v) is 3.75. The second-order valence-corrected chi connectivity index (χ2v) is 7.62. The molecular formula is C19H26N2O3. The molecular weight excluding hydrogens is 304 g/mol. The zero-order valence-electron chi connectivity index (χ0n) is 14.4. The fraction of sp³-hybridized carbons (Fsp3) is 0.684. The molecule has 1 aromatic heterocycles. The minimum absolute atomic E-state index is 0.165. The molecule has 130 valence electrons. The van der Waals surface area contributed by atoms with E-state index in [0.717, 1.165) is 50.3 Å². The average Bonchev–Trinajstić information content (AvgIpc) is 3.35. The number of nitrogens with zero attached hydrogens (tertiary/aromatic N) is 2. The first-order valence-electron chi connectivity index (χ1n) is 9.08. The van der Waals surface area contributed by atoms with Crippen LogP contribution in [0.3, 0.4) is 0 Å². The van der Waals surface area contributed by atoms with Gasteiger partial charge < -0.3 is 14.4 Å². The van der Waals surface area contributed by atoms with Crippen LogP contribution in [0.15, 0.2) is 18.2 Å². The third kappa shape index (κ3) is 3.62. The Balaban J connectivity index is 1.26. The monoisotopic (exact) mass is 330 g/mol. The van der Waals surface area contributed by atoms with Gasteiger partial charge in [-0.05, 0) is 44.2 Å². The van der Waals surface area contributed by atoms with Gasteiger partial charge in [0.05, 0.1) is 31.5 Å². The van der Waals surface area contributed by atoms with Crippen molar-refractivity contribution >= 4 is 5.91 Å². The maximum Gasteiger partial charge on any atom is 0.223 e. The lowest BCUT2D eigenvalue weighted by atomic mass is 9.84. The Bertz CT molecular complexity index is 608. The first-order valence-corrected chi connectivity index (χ1v) is 9.08. The van der Waals surface area contributed by atoms with Crippen LogP contribution in [0.1, 0.15) is 43.5 Å². The molecule has 1 spiro atoms. The minimum Gasteiger partial charge on any atom is -0.372 e. The van der Waals surface area contributed by atoms with Crippen molar-refractivity contribution < 1.29 is 14.3 Å². The van der Waals surface area contributed by atoms with E-state index in [-0.39, 0.29) is 11.7 Å². The summed E-state index contributed by atoms with van der Waals surface area (Å²) in [6, 6.07) is 6.01. The summed E-state index contributed by atoms with van der Waals surface area (Å²) in [7, 11) is 0. The molecule has 1 saturated carbocycles. The molecule has 5 heteroatoms. The summed E-state index contributed by atoms with van der Waals surface area (Å²) < 4.78 is 12.1. The summed E-state index contributed by atoms with van der Waals surface area (Å²) in [6.45, 7) is 4.74. The number of hydrogen-bond acceptors (Lipinski definition) is 4. The molecule has 0 N–H and O–H groups in total. The van der Waals surface area contributed by atoms with Crippen LogP contribution in [0.5, 0.6) is 0 Å². The molecule has 4 rings (SSSR count). The quantitative estimate of drug-likeness (QED) is 0.832. The lowest BCUT2D eigenvalue weighted by molar-refractivity contribution is -0.202. The van der Waals surface area contributed by atoms with Gasteiger partial charge in [-0.3, -0.25) is 9.78 Å². The van der Waals surface area contributed by atoms with Gasteiger partial charge in [-0.25, -0.2) is 0 Å². The molecule has 0 aromatic carbocycles. The Morgan fingerprint density at radius 1 is 1.38 bits per heavy atom. The van der Waals surface area contributed by atoms with E-state index in [4.69, 9.17) is 9.47 Å². The Hall–Kier alpha value is -1.46. The highest BCUT2D eigenvalue weighted by atomic mass is 16.5. The molecule has 0 radical (unpaired) electrons. The minimum atomic E-state index is -0.165. The third-order valence-electron chi connectivity index (χ3n) is 5.33. The van der Waals surface area contributed by atoms with Gasteiger partial charge >= 0.3 is 0 Å². The molecule has 3 fully saturated rings. The number of aromatic nitrogens is 1. The molecule has 1 atom stereocenters. The SMILES string of the molecule is Cc1cccc(CO[C@@H]2CCOC3(C2)CN(C(=O)CC2CC2)C3)n1. The first-order chi connectivity index (χ1) is 11.6. The second-order valence-electron chi connectivity index (χ2n) is 7.62. The van der Waals surface area contributed by atoms with Gasteiger partial charge in [0.25, 0.3) is 0 Å². The highest BCUT2D eigenvalue weighted by Crippen LogP contribution is 2.38. The molecule has 0 bridgehead atoms. The van der Waals surface area contributed by atoms with E-state index >= 15 is 0 Å². The number of aryl methyl sites for hydroxylation is 1. The van der Waals surface area contributed by atoms with Crippen LogP contribution in [-0.2, 0) is 20.9 Å². The maximum absolute atomic E-state index is 12.2. The lowest BCUT2D eigenvalue weighted by Gasteiger charge is -2.53. The Labute approximate surface area is 143 Å². The van der Waals surface area contributed by atoms with E-state index < -0.39 is 0 Å². The standard InChI is InChI=1S/C19H26N2O3/c1-14-3-2-4-16(20-14)11-23-17-7-8-24-19(10-17)12-21(13-19)18(22)9-15-5-6-15/h2-4,15,17H,5-13H2,1H3/t17-/m1/s1. The van der Waals surface area contributed by atoms with Gasteiger partial charge in [0, 0.05) is 25.1 Å². The van der Waals surface area contributed by atoms with E-state index in [9.17, 15) is 4.79 Å². The number of pyridine rings is 1. The van der Waals surface area contributed by atoms with E-state index in [1.54, 1.807) is 0 Å². The van der Waals surface area contributed by atoms with Crippen LogP contribution in [0.25, 0.3) is 0 Å². The molecule has 5 nitrogen and oxygen atoms in total. The molecule has 1 amide bonds. The van der Waals surface area contributed by atoms with Crippen LogP contribution in [-0.4, -0.2) is 47.2 Å². The van der Waals surface area contributed by atoms with Gasteiger partial charge in [-0.15, -0.1) is 0 Å². The Morgan fingerprint density at radius 3 is 2.96 bits per heavy atom. The van der Waals surface area contributed by atoms with E-state index in [2.05, 4.69) is 4.98 Å². The van der Waals surface area contributed by atoms with Crippen LogP contribution in [0.4, 0.5) is 0 Å². The molecule has 2 saturated heterocycles. The van der Waals surface area contributed by atoms with E-state index in [1.807, 2.05) is 30.0 Å². The van der Waals surface area contributed by atoms with Crippen LogP contribution in [0.2, 0.25) is 0 Å². The maximum atomic E-state index is 12.2. The summed E-state index contributed by atoms with van der Waals surface area (Å²) in [4.78, 5) is 18.6. The lowest BCUT2D eigenvalue weighted by Crippen LogP contribution is -2.67. The van der Waals surface area contributed by atoms with Crippen LogP contribution in [0, 0.1) is 12.8 Å². The van der Waals surface area contributed by atoms with Crippen molar-refractivity contribution in [1.82, 2.24) is 9.88 Å². The van der Waals surface area contributed by atoms with Crippen molar-refractivity contribution in [2.75, 3.05) is 19.7 Å². The van der Waals surface area contributed by atoms with Gasteiger partial charge in [0.2, 0.25) is 5.91 Å². The van der Waals surface area contributed by atoms with Crippen molar-refractivity contribution in [3.8, 4) is 0 Å². The highest BCUT2D eigenvalue weighted by Gasteiger charge is 2.49. The number of carbonyl (C=O) groups is 1. The molecule has 0 unspecified atom stereocenters. The summed E-state index contributed by atoms with van der Waals surface area (Å²) in [5.41, 5.74) is 1.83. The zero-order valence-corrected chi connectivity index (χ0v) is 14.4. The summed E-state index contributed by atoms with van der Waals surface area (Å²) in [5.74, 6) is 0.956. The number of rotatable bonds is 5. The van der Waals surface area contributed by atoms with Crippen molar-refractivity contribution in [2.45, 2.75) is 57.3 Å². The average molecular weight is 330 g/mol. The molecule has 3 heterocycles. The number of ether oxygens (including phenoxy) is 2. The predicted octanol–water partition coefficient (Wildman–Crippen LogP) is 2.47. The second kappa shape index (κ2) is 6.45. The van der Waals surface area contributed by atoms with Gasteiger partial charge in [0.1, 0.15) is 5.60 Å². The van der Waals surface area contributed by atoms with Crippen molar-refractivity contribution in [3.63, 3.8) is 0 Å². The number of amides is 1. The number of likely N-dealkylation sites (tertiary alicyclic amines) is 1. The summed E-state index contributed by atoms with van der Waals surface area (Å²) in [5, 5.41) is 0.